The van der Waals surface area contributed by atoms with E-state index in [9.17, 15) is 0 Å². The van der Waals surface area contributed by atoms with E-state index in [0.29, 0.717) is 5.41 Å². The number of hydrogen-bond acceptors (Lipinski definition) is 4. The van der Waals surface area contributed by atoms with Crippen LogP contribution in [0, 0.1) is 29.1 Å². The molecule has 0 aromatic heterocycles. The monoisotopic (exact) mass is 420 g/mol. The maximum Gasteiger partial charge on any atom is 0.000801 e. The third kappa shape index (κ3) is 8.76. The van der Waals surface area contributed by atoms with Crippen molar-refractivity contribution in [3.05, 3.63) is 0 Å². The van der Waals surface area contributed by atoms with E-state index in [1.165, 1.54) is 116 Å². The molecule has 176 valence electrons. The van der Waals surface area contributed by atoms with Crippen LogP contribution >= 0.6 is 0 Å². The van der Waals surface area contributed by atoms with Crippen LogP contribution in [0.5, 0.6) is 0 Å². The Balaban J connectivity index is 1.09. The predicted molar refractivity (Wildman–Crippen MR) is 130 cm³/mol. The minimum absolute atomic E-state index is 0.653. The van der Waals surface area contributed by atoms with Gasteiger partial charge in [-0.25, -0.2) is 0 Å². The average molecular weight is 421 g/mol. The van der Waals surface area contributed by atoms with Crippen molar-refractivity contribution in [3.63, 3.8) is 0 Å². The summed E-state index contributed by atoms with van der Waals surface area (Å²) in [6.07, 6.45) is 15.6. The molecule has 0 spiro atoms. The van der Waals surface area contributed by atoms with E-state index in [0.717, 1.165) is 30.2 Å². The molecule has 0 radical (unpaired) electrons. The highest BCUT2D eigenvalue weighted by Gasteiger charge is 2.41. The van der Waals surface area contributed by atoms with Gasteiger partial charge in [0.15, 0.2) is 0 Å². The molecule has 3 aliphatic rings. The second kappa shape index (κ2) is 13.4. The summed E-state index contributed by atoms with van der Waals surface area (Å²) in [7, 11) is 0. The van der Waals surface area contributed by atoms with Crippen LogP contribution in [0.15, 0.2) is 0 Å². The molecule has 3 saturated carbocycles. The van der Waals surface area contributed by atoms with Gasteiger partial charge in [0, 0.05) is 6.54 Å². The Kier molecular flexibility index (Phi) is 10.9. The van der Waals surface area contributed by atoms with E-state index in [-0.39, 0.29) is 0 Å². The molecule has 3 rings (SSSR count). The fourth-order valence-corrected chi connectivity index (χ4v) is 6.51. The quantitative estimate of drug-likeness (QED) is 0.267. The summed E-state index contributed by atoms with van der Waals surface area (Å²) in [6, 6.07) is 0. The highest BCUT2D eigenvalue weighted by Crippen LogP contribution is 2.50. The van der Waals surface area contributed by atoms with E-state index in [4.69, 9.17) is 0 Å². The first-order valence-electron chi connectivity index (χ1n) is 13.5. The molecule has 0 aromatic carbocycles. The van der Waals surface area contributed by atoms with Gasteiger partial charge in [0.2, 0.25) is 0 Å². The molecule has 30 heavy (non-hydrogen) atoms. The molecular formula is C26H52N4. The summed E-state index contributed by atoms with van der Waals surface area (Å²) < 4.78 is 0. The lowest BCUT2D eigenvalue weighted by molar-refractivity contribution is 0.0455. The van der Waals surface area contributed by atoms with Crippen LogP contribution in [-0.4, -0.2) is 52.4 Å². The smallest absolute Gasteiger partial charge is 0.000801 e. The molecule has 0 heterocycles. The molecule has 4 nitrogen and oxygen atoms in total. The molecule has 3 fully saturated rings. The third-order valence-electron chi connectivity index (χ3n) is 8.10. The van der Waals surface area contributed by atoms with Crippen LogP contribution in [0.4, 0.5) is 0 Å². The van der Waals surface area contributed by atoms with Crippen molar-refractivity contribution in [3.8, 4) is 0 Å². The lowest BCUT2D eigenvalue weighted by Gasteiger charge is -2.48. The molecule has 0 aliphatic heterocycles. The van der Waals surface area contributed by atoms with Gasteiger partial charge in [-0.1, -0.05) is 26.7 Å². The molecule has 5 atom stereocenters. The van der Waals surface area contributed by atoms with Crippen molar-refractivity contribution < 1.29 is 0 Å². The van der Waals surface area contributed by atoms with Crippen molar-refractivity contribution in [2.75, 3.05) is 52.4 Å². The Morgan fingerprint density at radius 2 is 1.40 bits per heavy atom. The fraction of sp³-hybridized carbons (Fsp3) is 1.00. The zero-order valence-corrected chi connectivity index (χ0v) is 20.2. The van der Waals surface area contributed by atoms with Gasteiger partial charge in [0.25, 0.3) is 0 Å². The highest BCUT2D eigenvalue weighted by atomic mass is 14.9. The number of nitrogens with one attached hydrogen (secondary N) is 4. The zero-order valence-electron chi connectivity index (χ0n) is 20.2. The average Bonchev–Trinajstić information content (AvgIpc) is 3.47. The molecule has 0 saturated heterocycles. The van der Waals surface area contributed by atoms with E-state index in [1.807, 2.05) is 0 Å². The largest absolute Gasteiger partial charge is 0.317 e. The van der Waals surface area contributed by atoms with Crippen LogP contribution in [0.25, 0.3) is 0 Å². The summed E-state index contributed by atoms with van der Waals surface area (Å²) in [4.78, 5) is 0. The lowest BCUT2D eigenvalue weighted by atomic mass is 9.59. The molecule has 0 aromatic rings. The number of fused-ring (bicyclic) bond motifs is 2. The second-order valence-corrected chi connectivity index (χ2v) is 11.1. The van der Waals surface area contributed by atoms with Crippen molar-refractivity contribution in [1.29, 1.82) is 0 Å². The summed E-state index contributed by atoms with van der Waals surface area (Å²) in [5, 5.41) is 14.6. The van der Waals surface area contributed by atoms with Gasteiger partial charge in [-0.2, -0.15) is 0 Å². The van der Waals surface area contributed by atoms with Gasteiger partial charge in [-0.15, -0.1) is 0 Å². The SMILES string of the molecule is CCNCCCCNC[C@H]1C[C@H]1CNCCCCNCC12CCCC(CC(C)C1)C2. The number of unbranched alkanes of at least 4 members (excludes halogenated alkanes) is 2. The molecule has 4 N–H and O–H groups in total. The maximum absolute atomic E-state index is 3.85. The minimum Gasteiger partial charge on any atom is -0.317 e. The lowest BCUT2D eigenvalue weighted by Crippen LogP contribution is -2.43. The Labute approximate surface area is 187 Å². The zero-order chi connectivity index (χ0) is 21.1. The molecule has 4 heteroatoms. The normalized spacial score (nSPS) is 33.0. The van der Waals surface area contributed by atoms with E-state index < -0.39 is 0 Å². The molecule has 3 aliphatic carbocycles. The van der Waals surface area contributed by atoms with Gasteiger partial charge in [-0.05, 0) is 133 Å². The molecule has 0 amide bonds. The summed E-state index contributed by atoms with van der Waals surface area (Å²) >= 11 is 0. The summed E-state index contributed by atoms with van der Waals surface area (Å²) in [6.45, 7) is 14.3. The van der Waals surface area contributed by atoms with Gasteiger partial charge in [0.05, 0.1) is 0 Å². The third-order valence-corrected chi connectivity index (χ3v) is 8.10. The molecule has 2 bridgehead atoms. The Hall–Kier alpha value is -0.160. The highest BCUT2D eigenvalue weighted by molar-refractivity contribution is 4.94. The first kappa shape index (κ1) is 24.5. The number of rotatable bonds is 17. The number of hydrogen-bond donors (Lipinski definition) is 4. The fourth-order valence-electron chi connectivity index (χ4n) is 6.51. The van der Waals surface area contributed by atoms with E-state index >= 15 is 0 Å². The summed E-state index contributed by atoms with van der Waals surface area (Å²) in [5.41, 5.74) is 0.653. The Morgan fingerprint density at radius 3 is 2.07 bits per heavy atom. The van der Waals surface area contributed by atoms with Crippen molar-refractivity contribution in [2.45, 2.75) is 84.5 Å². The second-order valence-electron chi connectivity index (χ2n) is 11.1. The molecule has 3 unspecified atom stereocenters. The first-order valence-corrected chi connectivity index (χ1v) is 13.5. The van der Waals surface area contributed by atoms with Crippen LogP contribution in [0.3, 0.4) is 0 Å². The molecular weight excluding hydrogens is 368 g/mol. The Morgan fingerprint density at radius 1 is 0.767 bits per heavy atom. The van der Waals surface area contributed by atoms with Gasteiger partial charge in [0.1, 0.15) is 0 Å². The standard InChI is InChI=1S/C26H52N4/c1-3-27-11-4-5-12-28-19-24-16-25(24)20-29-13-6-7-14-30-21-26-10-8-9-23(18-26)15-22(2)17-26/h22-25,27-30H,3-21H2,1-2H3/t22?,23?,24-,25+,26?/m1/s1. The van der Waals surface area contributed by atoms with Crippen molar-refractivity contribution >= 4 is 0 Å². The van der Waals surface area contributed by atoms with E-state index in [2.05, 4.69) is 35.1 Å². The first-order chi connectivity index (χ1) is 14.7. The van der Waals surface area contributed by atoms with Crippen LogP contribution < -0.4 is 21.3 Å². The summed E-state index contributed by atoms with van der Waals surface area (Å²) in [5.74, 6) is 3.87. The van der Waals surface area contributed by atoms with Gasteiger partial charge < -0.3 is 21.3 Å². The van der Waals surface area contributed by atoms with Crippen molar-refractivity contribution in [2.24, 2.45) is 29.1 Å². The van der Waals surface area contributed by atoms with Gasteiger partial charge >= 0.3 is 0 Å². The van der Waals surface area contributed by atoms with Crippen LogP contribution in [0.1, 0.15) is 84.5 Å². The van der Waals surface area contributed by atoms with Gasteiger partial charge in [-0.3, -0.25) is 0 Å². The Bertz CT molecular complexity index is 452. The predicted octanol–water partition coefficient (Wildman–Crippen LogP) is 4.17. The van der Waals surface area contributed by atoms with Crippen LogP contribution in [-0.2, 0) is 0 Å². The topological polar surface area (TPSA) is 48.1 Å². The van der Waals surface area contributed by atoms with E-state index in [1.54, 1.807) is 0 Å². The minimum atomic E-state index is 0.653. The maximum atomic E-state index is 3.85. The van der Waals surface area contributed by atoms with Crippen LogP contribution in [0.2, 0.25) is 0 Å². The van der Waals surface area contributed by atoms with Crippen molar-refractivity contribution in [1.82, 2.24) is 21.3 Å².